The molecule has 9 heteroatoms. The summed E-state index contributed by atoms with van der Waals surface area (Å²) in [5, 5.41) is 5.02. The van der Waals surface area contributed by atoms with E-state index in [1.165, 1.54) is 29.8 Å². The Labute approximate surface area is 169 Å². The first-order valence-electron chi connectivity index (χ1n) is 9.17. The second-order valence-electron chi connectivity index (χ2n) is 6.79. The average molecular weight is 417 g/mol. The highest BCUT2D eigenvalue weighted by Crippen LogP contribution is 2.11. The van der Waals surface area contributed by atoms with Gasteiger partial charge in [-0.3, -0.25) is 9.69 Å². The van der Waals surface area contributed by atoms with E-state index in [0.717, 1.165) is 19.6 Å². The lowest BCUT2D eigenvalue weighted by atomic mass is 10.2. The highest BCUT2D eigenvalue weighted by Gasteiger charge is 2.22. The molecule has 2 N–H and O–H groups in total. The number of hydrogen-bond acceptors (Lipinski definition) is 6. The van der Waals surface area contributed by atoms with Crippen LogP contribution < -0.4 is 5.14 Å². The highest BCUT2D eigenvalue weighted by molar-refractivity contribution is 7.89. The fraction of sp³-hybridized carbons (Fsp3) is 0.300. The third kappa shape index (κ3) is 5.86. The van der Waals surface area contributed by atoms with Gasteiger partial charge < -0.3 is 9.64 Å². The number of amides is 1. The Bertz CT molecular complexity index is 953. The van der Waals surface area contributed by atoms with Gasteiger partial charge >= 0.3 is 5.97 Å². The van der Waals surface area contributed by atoms with Crippen LogP contribution in [0.2, 0.25) is 0 Å². The van der Waals surface area contributed by atoms with E-state index in [1.807, 2.05) is 18.2 Å². The van der Waals surface area contributed by atoms with Crippen LogP contribution in [-0.2, 0) is 26.1 Å². The summed E-state index contributed by atoms with van der Waals surface area (Å²) in [6.45, 7) is 3.15. The summed E-state index contributed by atoms with van der Waals surface area (Å²) in [5.74, 6) is -0.944. The second kappa shape index (κ2) is 9.17. The standard InChI is InChI=1S/C20H23N3O5S/c21-29(26,27)18-8-6-17(7-9-18)20(25)28-15-19(24)23-12-10-22(11-13-23)14-16-4-2-1-3-5-16/h1-9H,10-15H2,(H2,21,26,27). The summed E-state index contributed by atoms with van der Waals surface area (Å²) in [7, 11) is -3.83. The first kappa shape index (κ1) is 21.0. The Morgan fingerprint density at radius 2 is 1.55 bits per heavy atom. The molecule has 3 rings (SSSR count). The summed E-state index contributed by atoms with van der Waals surface area (Å²) < 4.78 is 27.5. The number of hydrogen-bond donors (Lipinski definition) is 1. The van der Waals surface area contributed by atoms with Gasteiger partial charge in [0.15, 0.2) is 6.61 Å². The Hall–Kier alpha value is -2.75. The van der Waals surface area contributed by atoms with Crippen molar-refractivity contribution in [1.29, 1.82) is 0 Å². The monoisotopic (exact) mass is 417 g/mol. The Morgan fingerprint density at radius 1 is 0.931 bits per heavy atom. The summed E-state index contributed by atoms with van der Waals surface area (Å²) in [6, 6.07) is 15.2. The Balaban J connectivity index is 1.44. The molecule has 0 unspecified atom stereocenters. The molecule has 1 aliphatic rings. The zero-order valence-corrected chi connectivity index (χ0v) is 16.7. The van der Waals surface area contributed by atoms with Crippen LogP contribution in [0, 0.1) is 0 Å². The lowest BCUT2D eigenvalue weighted by molar-refractivity contribution is -0.136. The quantitative estimate of drug-likeness (QED) is 0.698. The molecule has 2 aromatic carbocycles. The number of piperazine rings is 1. The molecule has 1 aliphatic heterocycles. The molecule has 154 valence electrons. The molecule has 0 atom stereocenters. The molecule has 1 heterocycles. The molecule has 0 bridgehead atoms. The van der Waals surface area contributed by atoms with Crippen molar-refractivity contribution in [3.8, 4) is 0 Å². The van der Waals surface area contributed by atoms with Gasteiger partial charge in [0.25, 0.3) is 5.91 Å². The minimum Gasteiger partial charge on any atom is -0.452 e. The zero-order chi connectivity index (χ0) is 20.9. The van der Waals surface area contributed by atoms with Gasteiger partial charge in [-0.1, -0.05) is 30.3 Å². The van der Waals surface area contributed by atoms with Gasteiger partial charge in [-0.25, -0.2) is 18.4 Å². The number of esters is 1. The average Bonchev–Trinajstić information content (AvgIpc) is 2.72. The lowest BCUT2D eigenvalue weighted by Crippen LogP contribution is -2.49. The highest BCUT2D eigenvalue weighted by atomic mass is 32.2. The lowest BCUT2D eigenvalue weighted by Gasteiger charge is -2.34. The van der Waals surface area contributed by atoms with Crippen molar-refractivity contribution in [2.24, 2.45) is 5.14 Å². The molecule has 0 spiro atoms. The van der Waals surface area contributed by atoms with E-state index in [4.69, 9.17) is 9.88 Å². The van der Waals surface area contributed by atoms with Crippen LogP contribution in [0.1, 0.15) is 15.9 Å². The van der Waals surface area contributed by atoms with Crippen molar-refractivity contribution >= 4 is 21.9 Å². The van der Waals surface area contributed by atoms with Gasteiger partial charge in [-0.15, -0.1) is 0 Å². The van der Waals surface area contributed by atoms with Crippen molar-refractivity contribution in [3.63, 3.8) is 0 Å². The summed E-state index contributed by atoms with van der Waals surface area (Å²) in [6.07, 6.45) is 0. The molecule has 29 heavy (non-hydrogen) atoms. The number of primary sulfonamides is 1. The van der Waals surface area contributed by atoms with Crippen molar-refractivity contribution in [2.45, 2.75) is 11.4 Å². The van der Waals surface area contributed by atoms with Crippen molar-refractivity contribution in [1.82, 2.24) is 9.80 Å². The summed E-state index contributed by atoms with van der Waals surface area (Å²) >= 11 is 0. The van der Waals surface area contributed by atoms with Crippen LogP contribution in [0.3, 0.4) is 0 Å². The van der Waals surface area contributed by atoms with Gasteiger partial charge in [0, 0.05) is 32.7 Å². The van der Waals surface area contributed by atoms with Crippen LogP contribution in [0.5, 0.6) is 0 Å². The van der Waals surface area contributed by atoms with Crippen LogP contribution in [0.15, 0.2) is 59.5 Å². The van der Waals surface area contributed by atoms with Crippen LogP contribution in [0.4, 0.5) is 0 Å². The zero-order valence-electron chi connectivity index (χ0n) is 15.9. The number of carbonyl (C=O) groups excluding carboxylic acids is 2. The number of benzene rings is 2. The van der Waals surface area contributed by atoms with E-state index in [0.29, 0.717) is 13.1 Å². The molecule has 0 aliphatic carbocycles. The number of carbonyl (C=O) groups is 2. The largest absolute Gasteiger partial charge is 0.452 e. The van der Waals surface area contributed by atoms with E-state index in [2.05, 4.69) is 17.0 Å². The van der Waals surface area contributed by atoms with Crippen LogP contribution in [-0.4, -0.2) is 62.9 Å². The van der Waals surface area contributed by atoms with Crippen molar-refractivity contribution in [2.75, 3.05) is 32.8 Å². The first-order chi connectivity index (χ1) is 13.8. The first-order valence-corrected chi connectivity index (χ1v) is 10.7. The molecule has 8 nitrogen and oxygen atoms in total. The number of nitrogens with two attached hydrogens (primary N) is 1. The maximum Gasteiger partial charge on any atom is 0.338 e. The SMILES string of the molecule is NS(=O)(=O)c1ccc(C(=O)OCC(=O)N2CCN(Cc3ccccc3)CC2)cc1. The number of rotatable bonds is 6. The smallest absolute Gasteiger partial charge is 0.338 e. The van der Waals surface area contributed by atoms with E-state index in [1.54, 1.807) is 4.90 Å². The van der Waals surface area contributed by atoms with Crippen LogP contribution in [0.25, 0.3) is 0 Å². The number of nitrogens with zero attached hydrogens (tertiary/aromatic N) is 2. The fourth-order valence-corrected chi connectivity index (χ4v) is 3.60. The normalized spacial score (nSPS) is 15.1. The van der Waals surface area contributed by atoms with Gasteiger partial charge in [0.05, 0.1) is 10.5 Å². The van der Waals surface area contributed by atoms with Gasteiger partial charge in [-0.2, -0.15) is 0 Å². The fourth-order valence-electron chi connectivity index (χ4n) is 3.08. The van der Waals surface area contributed by atoms with E-state index >= 15 is 0 Å². The minimum absolute atomic E-state index is 0.0986. The molecular weight excluding hydrogens is 394 g/mol. The van der Waals surface area contributed by atoms with Crippen molar-refractivity contribution < 1.29 is 22.7 Å². The van der Waals surface area contributed by atoms with Gasteiger partial charge in [-0.05, 0) is 29.8 Å². The third-order valence-corrected chi connectivity index (χ3v) is 5.65. The van der Waals surface area contributed by atoms with Crippen molar-refractivity contribution in [3.05, 3.63) is 65.7 Å². The summed E-state index contributed by atoms with van der Waals surface area (Å²) in [5.41, 5.74) is 1.38. The predicted octanol–water partition coefficient (Wildman–Crippen LogP) is 0.835. The molecule has 2 aromatic rings. The molecule has 0 radical (unpaired) electrons. The van der Waals surface area contributed by atoms with E-state index in [9.17, 15) is 18.0 Å². The second-order valence-corrected chi connectivity index (χ2v) is 8.35. The maximum atomic E-state index is 12.3. The Kier molecular flexibility index (Phi) is 6.63. The molecule has 0 saturated carbocycles. The predicted molar refractivity (Wildman–Crippen MR) is 106 cm³/mol. The van der Waals surface area contributed by atoms with Crippen LogP contribution >= 0.6 is 0 Å². The third-order valence-electron chi connectivity index (χ3n) is 4.72. The maximum absolute atomic E-state index is 12.3. The van der Waals surface area contributed by atoms with E-state index < -0.39 is 16.0 Å². The minimum atomic E-state index is -3.83. The van der Waals surface area contributed by atoms with E-state index in [-0.39, 0.29) is 23.0 Å². The molecule has 1 amide bonds. The van der Waals surface area contributed by atoms with Gasteiger partial charge in [0.2, 0.25) is 10.0 Å². The molecule has 0 aromatic heterocycles. The molecular formula is C20H23N3O5S. The molecule has 1 saturated heterocycles. The summed E-state index contributed by atoms with van der Waals surface area (Å²) in [4.78, 5) is 28.2. The topological polar surface area (TPSA) is 110 Å². The number of ether oxygens (including phenoxy) is 1. The number of sulfonamides is 1. The van der Waals surface area contributed by atoms with Gasteiger partial charge in [0.1, 0.15) is 0 Å². The molecule has 1 fully saturated rings. The Morgan fingerprint density at radius 3 is 2.14 bits per heavy atom.